The number of phenolic OH excluding ortho intramolecular Hbond substituents is 1. The Kier molecular flexibility index (Phi) is 8.72. The van der Waals surface area contributed by atoms with E-state index in [4.69, 9.17) is 4.74 Å². The lowest BCUT2D eigenvalue weighted by atomic mass is 9.78. The van der Waals surface area contributed by atoms with Crippen LogP contribution < -0.4 is 4.74 Å². The Balaban J connectivity index is 1.70. The molecular formula is C31H33NO2. The quantitative estimate of drug-likeness (QED) is 0.483. The summed E-state index contributed by atoms with van der Waals surface area (Å²) in [6, 6.07) is 15.9. The van der Waals surface area contributed by atoms with Gasteiger partial charge < -0.3 is 14.7 Å². The lowest BCUT2D eigenvalue weighted by molar-refractivity contribution is 0.261. The average Bonchev–Trinajstić information content (AvgIpc) is 3.55. The number of hydrogen-bond acceptors (Lipinski definition) is 3. The molecule has 0 bridgehead atoms. The van der Waals surface area contributed by atoms with Crippen LogP contribution in [0.4, 0.5) is 0 Å². The van der Waals surface area contributed by atoms with Crippen LogP contribution in [0.1, 0.15) is 24.5 Å². The molecule has 1 atom stereocenters. The maximum Gasteiger partial charge on any atom is 0.119 e. The van der Waals surface area contributed by atoms with Crippen LogP contribution in [-0.4, -0.2) is 37.3 Å². The van der Waals surface area contributed by atoms with E-state index >= 15 is 0 Å². The molecule has 2 aliphatic carbocycles. The lowest BCUT2D eigenvalue weighted by Crippen LogP contribution is -2.19. The number of allylic oxidation sites excluding steroid dienone is 1. The lowest BCUT2D eigenvalue weighted by Gasteiger charge is -2.26. The highest BCUT2D eigenvalue weighted by molar-refractivity contribution is 5.85. The molecule has 10 radical (unpaired) electrons. The van der Waals surface area contributed by atoms with Crippen molar-refractivity contribution in [2.45, 2.75) is 13.3 Å². The third-order valence-corrected chi connectivity index (χ3v) is 6.19. The summed E-state index contributed by atoms with van der Waals surface area (Å²) in [5.41, 5.74) is 4.71. The van der Waals surface area contributed by atoms with Crippen LogP contribution in [0, 0.1) is 69.1 Å². The summed E-state index contributed by atoms with van der Waals surface area (Å²) in [5, 5.41) is 9.92. The normalized spacial score (nSPS) is 18.9. The third-order valence-electron chi connectivity index (χ3n) is 6.19. The second-order valence-electron chi connectivity index (χ2n) is 9.07. The zero-order valence-corrected chi connectivity index (χ0v) is 20.2. The standard InChI is InChI=1S/C31H33NO2/c1-23(24-8-4-5-9-24)22-30(25-10-6-7-11-25)31(26-12-16-28(33)17-13-26)27-14-18-29(19-15-27)34-21-20-32(2)3/h4-19,23,33H,20-22H2,1-3H3/b31-30+. The van der Waals surface area contributed by atoms with Crippen molar-refractivity contribution in [1.82, 2.24) is 4.90 Å². The van der Waals surface area contributed by atoms with Crippen molar-refractivity contribution in [2.75, 3.05) is 27.2 Å². The third kappa shape index (κ3) is 6.44. The zero-order valence-electron chi connectivity index (χ0n) is 20.2. The number of phenols is 1. The van der Waals surface area contributed by atoms with Crippen LogP contribution in [0.15, 0.2) is 54.1 Å². The van der Waals surface area contributed by atoms with Gasteiger partial charge in [-0.3, -0.25) is 0 Å². The van der Waals surface area contributed by atoms with Gasteiger partial charge in [0.25, 0.3) is 0 Å². The number of ether oxygens (including phenoxy) is 1. The van der Waals surface area contributed by atoms with Gasteiger partial charge in [0.05, 0.1) is 0 Å². The smallest absolute Gasteiger partial charge is 0.119 e. The highest BCUT2D eigenvalue weighted by Crippen LogP contribution is 2.44. The van der Waals surface area contributed by atoms with Gasteiger partial charge in [0.15, 0.2) is 0 Å². The number of benzene rings is 2. The number of nitrogens with zero attached hydrogens (tertiary/aromatic N) is 1. The fourth-order valence-corrected chi connectivity index (χ4v) is 4.29. The largest absolute Gasteiger partial charge is 0.508 e. The minimum absolute atomic E-state index is 0.271. The summed E-state index contributed by atoms with van der Waals surface area (Å²) in [6.07, 6.45) is 18.1. The molecular weight excluding hydrogens is 418 g/mol. The summed E-state index contributed by atoms with van der Waals surface area (Å²) in [4.78, 5) is 2.11. The van der Waals surface area contributed by atoms with Gasteiger partial charge in [-0.15, -0.1) is 0 Å². The Bertz CT molecular complexity index is 917. The summed E-state index contributed by atoms with van der Waals surface area (Å²) >= 11 is 0. The summed E-state index contributed by atoms with van der Waals surface area (Å²) < 4.78 is 5.93. The van der Waals surface area contributed by atoms with Gasteiger partial charge in [0, 0.05) is 12.5 Å². The van der Waals surface area contributed by atoms with Crippen molar-refractivity contribution >= 4 is 5.57 Å². The highest BCUT2D eigenvalue weighted by atomic mass is 16.5. The number of rotatable bonds is 10. The van der Waals surface area contributed by atoms with E-state index in [2.05, 4.69) is 87.5 Å². The molecule has 3 nitrogen and oxygen atoms in total. The SMILES string of the molecule is CC(C/C([C]1[CH][CH][CH][CH]1)=C(/c1ccc(O)cc1)c1ccc(OCCN(C)C)cc1)[C]1[CH][CH][CH][CH]1. The Hall–Kier alpha value is -2.26. The fourth-order valence-electron chi connectivity index (χ4n) is 4.29. The van der Waals surface area contributed by atoms with E-state index in [1.807, 2.05) is 26.2 Å². The van der Waals surface area contributed by atoms with Crippen molar-refractivity contribution in [3.8, 4) is 11.5 Å². The van der Waals surface area contributed by atoms with E-state index < -0.39 is 0 Å². The van der Waals surface area contributed by atoms with Crippen LogP contribution in [0.2, 0.25) is 0 Å². The molecule has 0 aliphatic heterocycles. The molecule has 0 heterocycles. The second kappa shape index (κ2) is 11.9. The van der Waals surface area contributed by atoms with Gasteiger partial charge in [-0.2, -0.15) is 0 Å². The van der Waals surface area contributed by atoms with Crippen molar-refractivity contribution in [3.05, 3.63) is 128 Å². The molecule has 1 unspecified atom stereocenters. The molecule has 2 fully saturated rings. The molecule has 2 aromatic rings. The van der Waals surface area contributed by atoms with Crippen molar-refractivity contribution in [1.29, 1.82) is 0 Å². The van der Waals surface area contributed by atoms with Gasteiger partial charge in [0.2, 0.25) is 0 Å². The topological polar surface area (TPSA) is 32.7 Å². The van der Waals surface area contributed by atoms with Crippen molar-refractivity contribution < 1.29 is 9.84 Å². The molecule has 34 heavy (non-hydrogen) atoms. The predicted octanol–water partition coefficient (Wildman–Crippen LogP) is 5.97. The first-order valence-electron chi connectivity index (χ1n) is 11.9. The van der Waals surface area contributed by atoms with Gasteiger partial charge >= 0.3 is 0 Å². The maximum atomic E-state index is 9.92. The molecule has 3 heteroatoms. The molecule has 0 aromatic heterocycles. The summed E-state index contributed by atoms with van der Waals surface area (Å²) in [5.74, 6) is 4.09. The molecule has 2 saturated carbocycles. The van der Waals surface area contributed by atoms with Gasteiger partial charge in [-0.1, -0.05) is 36.8 Å². The van der Waals surface area contributed by atoms with Crippen LogP contribution >= 0.6 is 0 Å². The van der Waals surface area contributed by atoms with Gasteiger partial charge in [0.1, 0.15) is 18.1 Å². The monoisotopic (exact) mass is 451 g/mol. The van der Waals surface area contributed by atoms with Gasteiger partial charge in [-0.05, 0) is 125 Å². The molecule has 2 aromatic carbocycles. The maximum absolute atomic E-state index is 9.92. The van der Waals surface area contributed by atoms with E-state index in [1.54, 1.807) is 12.1 Å². The Morgan fingerprint density at radius 1 is 0.824 bits per heavy atom. The summed E-state index contributed by atoms with van der Waals surface area (Å²) in [7, 11) is 4.09. The first-order valence-corrected chi connectivity index (χ1v) is 11.9. The van der Waals surface area contributed by atoms with Crippen LogP contribution in [0.25, 0.3) is 5.57 Å². The predicted molar refractivity (Wildman–Crippen MR) is 139 cm³/mol. The van der Waals surface area contributed by atoms with Crippen LogP contribution in [0.3, 0.4) is 0 Å². The average molecular weight is 452 g/mol. The van der Waals surface area contributed by atoms with E-state index in [0.29, 0.717) is 12.5 Å². The summed E-state index contributed by atoms with van der Waals surface area (Å²) in [6.45, 7) is 3.82. The van der Waals surface area contributed by atoms with Crippen LogP contribution in [0.5, 0.6) is 11.5 Å². The molecule has 1 N–H and O–H groups in total. The number of likely N-dealkylation sites (N-methyl/N-ethyl adjacent to an activating group) is 1. The first-order chi connectivity index (χ1) is 16.5. The van der Waals surface area contributed by atoms with Crippen LogP contribution in [-0.2, 0) is 0 Å². The van der Waals surface area contributed by atoms with Crippen molar-refractivity contribution in [3.63, 3.8) is 0 Å². The zero-order chi connectivity index (χ0) is 23.9. The Labute approximate surface area is 206 Å². The van der Waals surface area contributed by atoms with Gasteiger partial charge in [-0.25, -0.2) is 0 Å². The Morgan fingerprint density at radius 3 is 1.97 bits per heavy atom. The molecule has 174 valence electrons. The molecule has 0 saturated heterocycles. The van der Waals surface area contributed by atoms with Crippen molar-refractivity contribution in [2.24, 2.45) is 5.92 Å². The molecule has 0 amide bonds. The van der Waals surface area contributed by atoms with E-state index in [0.717, 1.165) is 29.8 Å². The molecule has 4 rings (SSSR count). The number of hydrogen-bond donors (Lipinski definition) is 1. The van der Waals surface area contributed by atoms with E-state index in [-0.39, 0.29) is 5.75 Å². The minimum atomic E-state index is 0.271. The fraction of sp³-hybridized carbons (Fsp3) is 0.226. The molecule has 2 aliphatic rings. The minimum Gasteiger partial charge on any atom is -0.508 e. The second-order valence-corrected chi connectivity index (χ2v) is 9.07. The Morgan fingerprint density at radius 2 is 1.38 bits per heavy atom. The van der Waals surface area contributed by atoms with E-state index in [1.165, 1.54) is 23.0 Å². The van der Waals surface area contributed by atoms with E-state index in [9.17, 15) is 5.11 Å². The highest BCUT2D eigenvalue weighted by Gasteiger charge is 2.30. The molecule has 0 spiro atoms. The first kappa shape index (κ1) is 24.9. The number of aromatic hydroxyl groups is 1.